The molecule has 1 amide bonds. The van der Waals surface area contributed by atoms with Crippen LogP contribution in [0.2, 0.25) is 5.02 Å². The normalized spacial score (nSPS) is 10.7. The molecule has 3 rings (SSSR count). The number of carboxylic acids is 1. The second-order valence-corrected chi connectivity index (χ2v) is 9.36. The monoisotopic (exact) mass is 512 g/mol. The van der Waals surface area contributed by atoms with Gasteiger partial charge < -0.3 is 20.3 Å². The lowest BCUT2D eigenvalue weighted by molar-refractivity contribution is -0.146. The van der Waals surface area contributed by atoms with E-state index in [9.17, 15) is 14.7 Å². The number of carboxylic acid groups (broad SMARTS) is 1. The molecule has 1 aromatic heterocycles. The fraction of sp³-hybridized carbons (Fsp3) is 0.321. The fourth-order valence-electron chi connectivity index (χ4n) is 2.95. The van der Waals surface area contributed by atoms with E-state index < -0.39 is 17.3 Å². The van der Waals surface area contributed by atoms with Crippen molar-refractivity contribution in [3.05, 3.63) is 77.1 Å². The Bertz CT molecular complexity index is 1160. The van der Waals surface area contributed by atoms with Crippen molar-refractivity contribution in [3.8, 4) is 22.6 Å². The van der Waals surface area contributed by atoms with Gasteiger partial charge in [0, 0.05) is 29.7 Å². The van der Waals surface area contributed by atoms with Crippen LogP contribution in [0.4, 0.5) is 0 Å². The van der Waals surface area contributed by atoms with E-state index in [4.69, 9.17) is 21.4 Å². The number of nitrogens with one attached hydrogen (secondary N) is 1. The number of aromatic hydroxyl groups is 1. The Balaban J connectivity index is 0.00000145. The number of nitrogens with zero attached hydrogens (tertiary/aromatic N) is 1. The largest absolute Gasteiger partial charge is 0.505 e. The summed E-state index contributed by atoms with van der Waals surface area (Å²) in [6.45, 7) is 7.63. The number of halogens is 1. The molecule has 0 bridgehead atoms. The molecule has 192 valence electrons. The molecule has 8 heteroatoms. The highest BCUT2D eigenvalue weighted by atomic mass is 35.5. The van der Waals surface area contributed by atoms with E-state index in [1.807, 2.05) is 48.5 Å². The molecule has 36 heavy (non-hydrogen) atoms. The first-order valence-corrected chi connectivity index (χ1v) is 12.1. The van der Waals surface area contributed by atoms with Crippen molar-refractivity contribution in [2.45, 2.75) is 40.5 Å². The smallest absolute Gasteiger partial charge is 0.310 e. The van der Waals surface area contributed by atoms with E-state index in [1.54, 1.807) is 0 Å². The number of hydrogen-bond donors (Lipinski definition) is 3. The molecule has 7 nitrogen and oxygen atoms in total. The van der Waals surface area contributed by atoms with Crippen LogP contribution in [0.5, 0.6) is 11.5 Å². The zero-order valence-corrected chi connectivity index (χ0v) is 21.8. The third kappa shape index (κ3) is 8.57. The molecule has 0 aliphatic rings. The highest BCUT2D eigenvalue weighted by Gasteiger charge is 2.28. The third-order valence-electron chi connectivity index (χ3n) is 5.09. The maximum absolute atomic E-state index is 12.3. The highest BCUT2D eigenvalue weighted by molar-refractivity contribution is 6.30. The van der Waals surface area contributed by atoms with E-state index >= 15 is 0 Å². The van der Waals surface area contributed by atoms with Gasteiger partial charge in [-0.1, -0.05) is 56.1 Å². The van der Waals surface area contributed by atoms with Crippen LogP contribution in [0.25, 0.3) is 11.1 Å². The second kappa shape index (κ2) is 13.5. The second-order valence-electron chi connectivity index (χ2n) is 8.92. The van der Waals surface area contributed by atoms with Gasteiger partial charge in [-0.25, -0.2) is 4.98 Å². The Morgan fingerprint density at radius 1 is 1.06 bits per heavy atom. The van der Waals surface area contributed by atoms with Crippen molar-refractivity contribution in [2.24, 2.45) is 5.41 Å². The van der Waals surface area contributed by atoms with Crippen molar-refractivity contribution < 1.29 is 24.5 Å². The number of benzene rings is 2. The van der Waals surface area contributed by atoms with Gasteiger partial charge in [-0.05, 0) is 55.3 Å². The topological polar surface area (TPSA) is 109 Å². The molecule has 3 N–H and O–H groups in total. The quantitative estimate of drug-likeness (QED) is 0.325. The van der Waals surface area contributed by atoms with Gasteiger partial charge >= 0.3 is 5.97 Å². The molecule has 0 aliphatic carbocycles. The van der Waals surface area contributed by atoms with Gasteiger partial charge in [0.1, 0.15) is 11.5 Å². The average molecular weight is 513 g/mol. The minimum Gasteiger partial charge on any atom is -0.505 e. The number of rotatable bonds is 9. The number of carbonyl (C=O) groups is 2. The van der Waals surface area contributed by atoms with E-state index in [1.165, 1.54) is 32.5 Å². The first kappa shape index (κ1) is 28.7. The summed E-state index contributed by atoms with van der Waals surface area (Å²) in [5, 5.41) is 22.7. The molecule has 0 aliphatic heterocycles. The van der Waals surface area contributed by atoms with Crippen molar-refractivity contribution in [2.75, 3.05) is 13.2 Å². The van der Waals surface area contributed by atoms with Gasteiger partial charge in [-0.15, -0.1) is 0 Å². The summed E-state index contributed by atoms with van der Waals surface area (Å²) in [6, 6.07) is 16.4. The van der Waals surface area contributed by atoms with Crippen LogP contribution in [-0.2, 0) is 11.2 Å². The third-order valence-corrected chi connectivity index (χ3v) is 5.34. The molecule has 3 aromatic rings. The molecule has 0 saturated heterocycles. The van der Waals surface area contributed by atoms with Gasteiger partial charge in [-0.2, -0.15) is 0 Å². The molecule has 1 heterocycles. The maximum atomic E-state index is 12.3. The van der Waals surface area contributed by atoms with Crippen molar-refractivity contribution in [1.82, 2.24) is 10.3 Å². The first-order chi connectivity index (χ1) is 17.1. The lowest BCUT2D eigenvalue weighted by atomic mass is 9.94. The molecule has 0 saturated carbocycles. The lowest BCUT2D eigenvalue weighted by Gasteiger charge is -2.19. The van der Waals surface area contributed by atoms with E-state index in [0.29, 0.717) is 22.9 Å². The number of aliphatic carboxylic acids is 1. The van der Waals surface area contributed by atoms with Crippen LogP contribution in [0.3, 0.4) is 0 Å². The Morgan fingerprint density at radius 3 is 2.33 bits per heavy atom. The molecule has 0 radical (unpaired) electrons. The SMILES string of the molecule is CC(C)(CNC(=O)c1ncc(-c2cccc(OCCc3ccc(Cl)cc3)c2)cc1O)C(=O)O.CCC. The number of pyridine rings is 1. The molecule has 0 unspecified atom stereocenters. The number of carbonyl (C=O) groups excluding carboxylic acids is 1. The Labute approximate surface area is 217 Å². The van der Waals surface area contributed by atoms with Crippen LogP contribution >= 0.6 is 11.6 Å². The summed E-state index contributed by atoms with van der Waals surface area (Å²) in [5.74, 6) is -1.32. The summed E-state index contributed by atoms with van der Waals surface area (Å²) in [4.78, 5) is 27.6. The maximum Gasteiger partial charge on any atom is 0.310 e. The minimum atomic E-state index is -1.14. The molecule has 0 spiro atoms. The summed E-state index contributed by atoms with van der Waals surface area (Å²) in [7, 11) is 0. The summed E-state index contributed by atoms with van der Waals surface area (Å²) in [6.07, 6.45) is 3.45. The highest BCUT2D eigenvalue weighted by Crippen LogP contribution is 2.28. The molecular formula is C28H33ClN2O5. The molecule has 0 atom stereocenters. The predicted molar refractivity (Wildman–Crippen MR) is 142 cm³/mol. The van der Waals surface area contributed by atoms with Crippen LogP contribution in [0, 0.1) is 5.41 Å². The number of amides is 1. The number of ether oxygens (including phenoxy) is 1. The van der Waals surface area contributed by atoms with E-state index in [2.05, 4.69) is 24.1 Å². The van der Waals surface area contributed by atoms with Crippen LogP contribution in [0.1, 0.15) is 50.2 Å². The Morgan fingerprint density at radius 2 is 1.72 bits per heavy atom. The number of hydrogen-bond acceptors (Lipinski definition) is 5. The summed E-state index contributed by atoms with van der Waals surface area (Å²) >= 11 is 5.90. The van der Waals surface area contributed by atoms with Crippen molar-refractivity contribution in [1.29, 1.82) is 0 Å². The van der Waals surface area contributed by atoms with Gasteiger partial charge in [0.2, 0.25) is 0 Å². The standard InChI is InChI=1S/C25H25ClN2O5.C3H8/c1-25(2,24(31)32)15-28-23(30)22-21(29)13-18(14-27-22)17-4-3-5-20(12-17)33-11-10-16-6-8-19(26)9-7-16;1-3-2/h3-9,12-14,29H,10-11,15H2,1-2H3,(H,28,30)(H,31,32);3H2,1-2H3. The first-order valence-electron chi connectivity index (χ1n) is 11.8. The Kier molecular flexibility index (Phi) is 10.7. The summed E-state index contributed by atoms with van der Waals surface area (Å²) < 4.78 is 5.85. The zero-order chi connectivity index (χ0) is 26.7. The minimum absolute atomic E-state index is 0.0978. The van der Waals surface area contributed by atoms with Gasteiger partial charge in [0.15, 0.2) is 5.69 Å². The van der Waals surface area contributed by atoms with Crippen molar-refractivity contribution >= 4 is 23.5 Å². The lowest BCUT2D eigenvalue weighted by Crippen LogP contribution is -2.39. The van der Waals surface area contributed by atoms with Crippen LogP contribution < -0.4 is 10.1 Å². The van der Waals surface area contributed by atoms with Crippen molar-refractivity contribution in [3.63, 3.8) is 0 Å². The van der Waals surface area contributed by atoms with Gasteiger partial charge in [-0.3, -0.25) is 9.59 Å². The van der Waals surface area contributed by atoms with Gasteiger partial charge in [0.25, 0.3) is 5.91 Å². The molecular weight excluding hydrogens is 480 g/mol. The molecule has 0 fully saturated rings. The number of aromatic nitrogens is 1. The van der Waals surface area contributed by atoms with Gasteiger partial charge in [0.05, 0.1) is 12.0 Å². The summed E-state index contributed by atoms with van der Waals surface area (Å²) in [5.41, 5.74) is 1.18. The van der Waals surface area contributed by atoms with E-state index in [0.717, 1.165) is 17.5 Å². The van der Waals surface area contributed by atoms with E-state index in [-0.39, 0.29) is 18.0 Å². The molecule has 2 aromatic carbocycles. The van der Waals surface area contributed by atoms with Crippen LogP contribution in [0.15, 0.2) is 60.8 Å². The van der Waals surface area contributed by atoms with Crippen LogP contribution in [-0.4, -0.2) is 40.2 Å². The average Bonchev–Trinajstić information content (AvgIpc) is 2.84. The zero-order valence-electron chi connectivity index (χ0n) is 21.0. The fourth-order valence-corrected chi connectivity index (χ4v) is 3.08. The predicted octanol–water partition coefficient (Wildman–Crippen LogP) is 5.99. The Hall–Kier alpha value is -3.58.